The van der Waals surface area contributed by atoms with Crippen LogP contribution in [0.15, 0.2) is 0 Å². The Balaban J connectivity index is 2.63. The second-order valence-electron chi connectivity index (χ2n) is 6.01. The van der Waals surface area contributed by atoms with Crippen molar-refractivity contribution in [1.82, 2.24) is 9.80 Å². The van der Waals surface area contributed by atoms with E-state index in [4.69, 9.17) is 0 Å². The van der Waals surface area contributed by atoms with E-state index < -0.39 is 0 Å². The molecular weight excluding hydrogens is 224 g/mol. The zero-order chi connectivity index (χ0) is 13.6. The molecule has 3 heteroatoms. The van der Waals surface area contributed by atoms with Crippen molar-refractivity contribution in [3.05, 3.63) is 0 Å². The topological polar surface area (TPSA) is 23.6 Å². The molecule has 1 aliphatic heterocycles. The van der Waals surface area contributed by atoms with E-state index in [-0.39, 0.29) is 5.41 Å². The number of hydrogen-bond acceptors (Lipinski definition) is 2. The van der Waals surface area contributed by atoms with Gasteiger partial charge < -0.3 is 9.80 Å². The Morgan fingerprint density at radius 1 is 1.06 bits per heavy atom. The van der Waals surface area contributed by atoms with Crippen LogP contribution < -0.4 is 0 Å². The van der Waals surface area contributed by atoms with E-state index in [1.54, 1.807) is 0 Å². The molecule has 1 amide bonds. The summed E-state index contributed by atoms with van der Waals surface area (Å²) in [5, 5.41) is 0. The fourth-order valence-electron chi connectivity index (χ4n) is 2.85. The lowest BCUT2D eigenvalue weighted by Gasteiger charge is -2.39. The van der Waals surface area contributed by atoms with Crippen LogP contribution in [0.25, 0.3) is 0 Å². The Kier molecular flexibility index (Phi) is 6.13. The van der Waals surface area contributed by atoms with Crippen LogP contribution in [-0.4, -0.2) is 48.9 Å². The average Bonchev–Trinajstić information content (AvgIpc) is 2.37. The number of unbranched alkanes of at least 4 members (excludes halogenated alkanes) is 1. The second-order valence-corrected chi connectivity index (χ2v) is 6.01. The zero-order valence-electron chi connectivity index (χ0n) is 12.7. The summed E-state index contributed by atoms with van der Waals surface area (Å²) in [5.74, 6) is 0.394. The Morgan fingerprint density at radius 2 is 1.67 bits per heavy atom. The smallest absolute Gasteiger partial charge is 0.228 e. The van der Waals surface area contributed by atoms with Gasteiger partial charge in [0.05, 0.1) is 0 Å². The maximum atomic E-state index is 12.7. The minimum atomic E-state index is -0.124. The molecule has 18 heavy (non-hydrogen) atoms. The van der Waals surface area contributed by atoms with Crippen molar-refractivity contribution in [3.63, 3.8) is 0 Å². The van der Waals surface area contributed by atoms with Crippen LogP contribution in [0.3, 0.4) is 0 Å². The maximum Gasteiger partial charge on any atom is 0.228 e. The van der Waals surface area contributed by atoms with E-state index in [1.165, 1.54) is 6.42 Å². The van der Waals surface area contributed by atoms with Crippen molar-refractivity contribution in [2.75, 3.05) is 33.2 Å². The van der Waals surface area contributed by atoms with Crippen LogP contribution in [0, 0.1) is 5.41 Å². The van der Waals surface area contributed by atoms with Gasteiger partial charge in [-0.3, -0.25) is 4.79 Å². The van der Waals surface area contributed by atoms with E-state index in [2.05, 4.69) is 37.6 Å². The van der Waals surface area contributed by atoms with Crippen LogP contribution in [0.4, 0.5) is 0 Å². The summed E-state index contributed by atoms with van der Waals surface area (Å²) in [4.78, 5) is 17.1. The van der Waals surface area contributed by atoms with Gasteiger partial charge >= 0.3 is 0 Å². The molecular formula is C15H30N2O. The van der Waals surface area contributed by atoms with Crippen molar-refractivity contribution in [1.29, 1.82) is 0 Å². The highest BCUT2D eigenvalue weighted by atomic mass is 16.2. The first kappa shape index (κ1) is 15.5. The van der Waals surface area contributed by atoms with Gasteiger partial charge in [0.15, 0.2) is 0 Å². The minimum Gasteiger partial charge on any atom is -0.340 e. The lowest BCUT2D eigenvalue weighted by molar-refractivity contribution is -0.144. The first-order chi connectivity index (χ1) is 8.53. The van der Waals surface area contributed by atoms with E-state index in [0.717, 1.165) is 51.9 Å². The summed E-state index contributed by atoms with van der Waals surface area (Å²) in [6.45, 7) is 10.4. The molecule has 106 valence electrons. The third-order valence-electron chi connectivity index (χ3n) is 4.19. The summed E-state index contributed by atoms with van der Waals surface area (Å²) >= 11 is 0. The molecule has 1 aliphatic rings. The Labute approximate surface area is 113 Å². The number of hydrogen-bond donors (Lipinski definition) is 0. The molecule has 1 fully saturated rings. The summed E-state index contributed by atoms with van der Waals surface area (Å²) in [7, 11) is 2.13. The van der Waals surface area contributed by atoms with Crippen molar-refractivity contribution >= 4 is 5.91 Å². The van der Waals surface area contributed by atoms with Gasteiger partial charge in [-0.15, -0.1) is 0 Å². The molecule has 0 saturated carbocycles. The van der Waals surface area contributed by atoms with Gasteiger partial charge in [-0.25, -0.2) is 0 Å². The summed E-state index contributed by atoms with van der Waals surface area (Å²) in [6.07, 6.45) is 5.51. The fourth-order valence-corrected chi connectivity index (χ4v) is 2.85. The van der Waals surface area contributed by atoms with Crippen molar-refractivity contribution in [2.45, 2.75) is 52.9 Å². The van der Waals surface area contributed by atoms with Gasteiger partial charge in [-0.1, -0.05) is 40.0 Å². The third-order valence-corrected chi connectivity index (χ3v) is 4.19. The van der Waals surface area contributed by atoms with Gasteiger partial charge in [0.1, 0.15) is 0 Å². The lowest BCUT2D eigenvalue weighted by Crippen LogP contribution is -2.51. The minimum absolute atomic E-state index is 0.124. The molecule has 3 nitrogen and oxygen atoms in total. The van der Waals surface area contributed by atoms with E-state index in [9.17, 15) is 4.79 Å². The van der Waals surface area contributed by atoms with E-state index >= 15 is 0 Å². The van der Waals surface area contributed by atoms with Gasteiger partial charge in [0.2, 0.25) is 5.91 Å². The monoisotopic (exact) mass is 254 g/mol. The zero-order valence-corrected chi connectivity index (χ0v) is 12.7. The molecule has 0 bridgehead atoms. The fraction of sp³-hybridized carbons (Fsp3) is 0.933. The standard InChI is InChI=1S/C15H30N2O/c1-5-7-9-15(3,8-6-2)14(18)17-12-10-16(4)11-13-17/h5-13H2,1-4H3. The highest BCUT2D eigenvalue weighted by Crippen LogP contribution is 2.32. The van der Waals surface area contributed by atoms with Crippen LogP contribution in [-0.2, 0) is 4.79 Å². The normalized spacial score (nSPS) is 20.8. The van der Waals surface area contributed by atoms with Crippen molar-refractivity contribution < 1.29 is 4.79 Å². The van der Waals surface area contributed by atoms with Crippen LogP contribution >= 0.6 is 0 Å². The van der Waals surface area contributed by atoms with Gasteiger partial charge in [0, 0.05) is 31.6 Å². The molecule has 0 radical (unpaired) electrons. The Hall–Kier alpha value is -0.570. The average molecular weight is 254 g/mol. The molecule has 0 spiro atoms. The number of piperazine rings is 1. The van der Waals surface area contributed by atoms with Gasteiger partial charge in [-0.2, -0.15) is 0 Å². The summed E-state index contributed by atoms with van der Waals surface area (Å²) in [5.41, 5.74) is -0.124. The maximum absolute atomic E-state index is 12.7. The first-order valence-electron chi connectivity index (χ1n) is 7.51. The van der Waals surface area contributed by atoms with Crippen LogP contribution in [0.5, 0.6) is 0 Å². The lowest BCUT2D eigenvalue weighted by atomic mass is 9.79. The molecule has 1 saturated heterocycles. The number of rotatable bonds is 6. The number of carbonyl (C=O) groups is 1. The molecule has 1 heterocycles. The van der Waals surface area contributed by atoms with Crippen molar-refractivity contribution in [3.8, 4) is 0 Å². The summed E-state index contributed by atoms with van der Waals surface area (Å²) < 4.78 is 0. The highest BCUT2D eigenvalue weighted by molar-refractivity contribution is 5.82. The predicted octanol–water partition coefficient (Wildman–Crippen LogP) is 2.76. The number of nitrogens with zero attached hydrogens (tertiary/aromatic N) is 2. The molecule has 0 aromatic heterocycles. The van der Waals surface area contributed by atoms with Crippen LogP contribution in [0.2, 0.25) is 0 Å². The molecule has 1 atom stereocenters. The quantitative estimate of drug-likeness (QED) is 0.727. The second kappa shape index (κ2) is 7.13. The van der Waals surface area contributed by atoms with Gasteiger partial charge in [-0.05, 0) is 19.9 Å². The number of carbonyl (C=O) groups excluding carboxylic acids is 1. The predicted molar refractivity (Wildman–Crippen MR) is 76.6 cm³/mol. The summed E-state index contributed by atoms with van der Waals surface area (Å²) in [6, 6.07) is 0. The van der Waals surface area contributed by atoms with E-state index in [0.29, 0.717) is 5.91 Å². The molecule has 0 aromatic carbocycles. The largest absolute Gasteiger partial charge is 0.340 e. The van der Waals surface area contributed by atoms with Crippen molar-refractivity contribution in [2.24, 2.45) is 5.41 Å². The highest BCUT2D eigenvalue weighted by Gasteiger charge is 2.35. The SMILES string of the molecule is CCCCC(C)(CCC)C(=O)N1CCN(C)CC1. The molecule has 0 aromatic rings. The Bertz CT molecular complexity index is 259. The number of amides is 1. The van der Waals surface area contributed by atoms with Gasteiger partial charge in [0.25, 0.3) is 0 Å². The third kappa shape index (κ3) is 3.98. The molecule has 1 unspecified atom stereocenters. The van der Waals surface area contributed by atoms with Crippen LogP contribution in [0.1, 0.15) is 52.9 Å². The number of likely N-dealkylation sites (N-methyl/N-ethyl adjacent to an activating group) is 1. The molecule has 0 aliphatic carbocycles. The first-order valence-corrected chi connectivity index (χ1v) is 7.51. The molecule has 1 rings (SSSR count). The van der Waals surface area contributed by atoms with E-state index in [1.807, 2.05) is 0 Å². The Morgan fingerprint density at radius 3 is 2.17 bits per heavy atom. The molecule has 0 N–H and O–H groups in total.